The summed E-state index contributed by atoms with van der Waals surface area (Å²) in [6.45, 7) is 0.376. The van der Waals surface area contributed by atoms with Gasteiger partial charge in [0.2, 0.25) is 5.91 Å². The van der Waals surface area contributed by atoms with Gasteiger partial charge in [-0.15, -0.1) is 0 Å². The molecule has 27 heavy (non-hydrogen) atoms. The van der Waals surface area contributed by atoms with Crippen molar-refractivity contribution in [2.24, 2.45) is 0 Å². The van der Waals surface area contributed by atoms with E-state index in [1.807, 2.05) is 24.3 Å². The van der Waals surface area contributed by atoms with Crippen molar-refractivity contribution in [1.82, 2.24) is 10.5 Å². The molecule has 0 unspecified atom stereocenters. The Balaban J connectivity index is 1.58. The lowest BCUT2D eigenvalue weighted by Crippen LogP contribution is -2.24. The van der Waals surface area contributed by atoms with Crippen LogP contribution in [-0.4, -0.2) is 25.3 Å². The Morgan fingerprint density at radius 2 is 1.81 bits per heavy atom. The number of hydrogen-bond donors (Lipinski definition) is 1. The third-order valence-corrected chi connectivity index (χ3v) is 4.22. The van der Waals surface area contributed by atoms with E-state index in [1.165, 1.54) is 0 Å². The maximum Gasteiger partial charge on any atom is 0.226 e. The van der Waals surface area contributed by atoms with Gasteiger partial charge in [-0.05, 0) is 42.0 Å². The fraction of sp³-hybridized carbons (Fsp3) is 0.200. The number of amides is 1. The number of hydrogen-bond acceptors (Lipinski definition) is 5. The number of nitrogens with one attached hydrogen (secondary N) is 1. The zero-order valence-corrected chi connectivity index (χ0v) is 15.7. The Morgan fingerprint density at radius 1 is 1.07 bits per heavy atom. The summed E-state index contributed by atoms with van der Waals surface area (Å²) in [5.41, 5.74) is 2.32. The van der Waals surface area contributed by atoms with Crippen molar-refractivity contribution < 1.29 is 18.8 Å². The quantitative estimate of drug-likeness (QED) is 0.667. The number of ether oxygens (including phenoxy) is 2. The predicted octanol–water partition coefficient (Wildman–Crippen LogP) is 3.87. The van der Waals surface area contributed by atoms with E-state index in [-0.39, 0.29) is 12.3 Å². The lowest BCUT2D eigenvalue weighted by molar-refractivity contribution is -0.120. The summed E-state index contributed by atoms with van der Waals surface area (Å²) in [4.78, 5) is 12.2. The highest BCUT2D eigenvalue weighted by Crippen LogP contribution is 2.27. The molecule has 0 radical (unpaired) electrons. The second-order valence-electron chi connectivity index (χ2n) is 5.83. The molecule has 0 fully saturated rings. The molecule has 1 amide bonds. The summed E-state index contributed by atoms with van der Waals surface area (Å²) in [7, 11) is 3.15. The van der Waals surface area contributed by atoms with Crippen molar-refractivity contribution in [3.8, 4) is 22.8 Å². The van der Waals surface area contributed by atoms with Crippen LogP contribution in [0.25, 0.3) is 11.3 Å². The summed E-state index contributed by atoms with van der Waals surface area (Å²) in [6, 6.07) is 14.5. The summed E-state index contributed by atoms with van der Waals surface area (Å²) in [5.74, 6) is 1.70. The number of benzene rings is 2. The number of rotatable bonds is 7. The molecular weight excluding hydrogens is 368 g/mol. The van der Waals surface area contributed by atoms with Crippen LogP contribution in [0.15, 0.2) is 53.1 Å². The summed E-state index contributed by atoms with van der Waals surface area (Å²) < 4.78 is 15.8. The average molecular weight is 387 g/mol. The number of carbonyl (C=O) groups excluding carboxylic acids is 1. The maximum absolute atomic E-state index is 12.2. The van der Waals surface area contributed by atoms with E-state index in [9.17, 15) is 4.79 Å². The molecule has 0 aliphatic heterocycles. The molecule has 1 heterocycles. The zero-order chi connectivity index (χ0) is 19.2. The molecular formula is C20H19ClN2O4. The molecule has 3 rings (SSSR count). The van der Waals surface area contributed by atoms with Crippen molar-refractivity contribution in [1.29, 1.82) is 0 Å². The highest BCUT2D eigenvalue weighted by Gasteiger charge is 2.11. The van der Waals surface area contributed by atoms with Crippen LogP contribution in [0.1, 0.15) is 11.3 Å². The molecule has 0 saturated carbocycles. The summed E-state index contributed by atoms with van der Waals surface area (Å²) >= 11 is 5.88. The normalized spacial score (nSPS) is 10.5. The molecule has 2 aromatic carbocycles. The molecule has 0 aliphatic rings. The molecule has 1 aromatic heterocycles. The van der Waals surface area contributed by atoms with E-state index in [2.05, 4.69) is 10.5 Å². The van der Waals surface area contributed by atoms with Crippen molar-refractivity contribution in [2.45, 2.75) is 13.0 Å². The number of methoxy groups -OCH3 is 2. The minimum Gasteiger partial charge on any atom is -0.493 e. The number of aromatic nitrogens is 1. The molecule has 0 bridgehead atoms. The predicted molar refractivity (Wildman–Crippen MR) is 102 cm³/mol. The molecule has 0 spiro atoms. The smallest absolute Gasteiger partial charge is 0.226 e. The van der Waals surface area contributed by atoms with Gasteiger partial charge in [-0.3, -0.25) is 4.79 Å². The van der Waals surface area contributed by atoms with E-state index in [0.717, 1.165) is 11.1 Å². The van der Waals surface area contributed by atoms with Gasteiger partial charge in [0.25, 0.3) is 0 Å². The van der Waals surface area contributed by atoms with Crippen molar-refractivity contribution in [3.63, 3.8) is 0 Å². The van der Waals surface area contributed by atoms with Crippen LogP contribution in [-0.2, 0) is 17.8 Å². The van der Waals surface area contributed by atoms with Gasteiger partial charge in [-0.2, -0.15) is 0 Å². The molecule has 0 saturated heterocycles. The van der Waals surface area contributed by atoms with Crippen molar-refractivity contribution >= 4 is 17.5 Å². The number of carbonyl (C=O) groups is 1. The van der Waals surface area contributed by atoms with Crippen molar-refractivity contribution in [3.05, 3.63) is 64.8 Å². The Kier molecular flexibility index (Phi) is 5.98. The minimum atomic E-state index is -0.152. The first kappa shape index (κ1) is 18.8. The summed E-state index contributed by atoms with van der Waals surface area (Å²) in [6.07, 6.45) is 0.129. The second kappa shape index (κ2) is 8.60. The van der Waals surface area contributed by atoms with Gasteiger partial charge in [-0.1, -0.05) is 22.8 Å². The average Bonchev–Trinajstić information content (AvgIpc) is 3.15. The van der Waals surface area contributed by atoms with Crippen LogP contribution in [0.3, 0.4) is 0 Å². The molecule has 6 nitrogen and oxygen atoms in total. The Bertz CT molecular complexity index is 922. The second-order valence-corrected chi connectivity index (χ2v) is 6.27. The molecule has 3 aromatic rings. The van der Waals surface area contributed by atoms with Gasteiger partial charge in [0.15, 0.2) is 17.3 Å². The van der Waals surface area contributed by atoms with Gasteiger partial charge in [-0.25, -0.2) is 0 Å². The lowest BCUT2D eigenvalue weighted by Gasteiger charge is -2.10. The zero-order valence-electron chi connectivity index (χ0n) is 15.0. The van der Waals surface area contributed by atoms with Crippen LogP contribution in [0.4, 0.5) is 0 Å². The highest BCUT2D eigenvalue weighted by molar-refractivity contribution is 6.30. The molecule has 7 heteroatoms. The standard InChI is InChI=1S/C20H19ClN2O4/c1-25-17-8-3-13(9-19(17)26-2)12-22-20(24)11-16-10-18(27-23-16)14-4-6-15(21)7-5-14/h3-10H,11-12H2,1-2H3,(H,22,24). The first-order valence-electron chi connectivity index (χ1n) is 8.28. The van der Waals surface area contributed by atoms with Crippen LogP contribution < -0.4 is 14.8 Å². The Labute approximate surface area is 162 Å². The molecule has 1 N–H and O–H groups in total. The van der Waals surface area contributed by atoms with E-state index >= 15 is 0 Å². The number of nitrogens with zero attached hydrogens (tertiary/aromatic N) is 1. The fourth-order valence-corrected chi connectivity index (χ4v) is 2.69. The maximum atomic E-state index is 12.2. The van der Waals surface area contributed by atoms with Gasteiger partial charge >= 0.3 is 0 Å². The monoisotopic (exact) mass is 386 g/mol. The van der Waals surface area contributed by atoms with Crippen molar-refractivity contribution in [2.75, 3.05) is 14.2 Å². The SMILES string of the molecule is COc1ccc(CNC(=O)Cc2cc(-c3ccc(Cl)cc3)on2)cc1OC. The number of halogens is 1. The van der Waals surface area contributed by atoms with Crippen LogP contribution in [0, 0.1) is 0 Å². The Morgan fingerprint density at radius 3 is 2.52 bits per heavy atom. The van der Waals surface area contributed by atoms with Crippen LogP contribution in [0.2, 0.25) is 5.02 Å². The Hall–Kier alpha value is -2.99. The minimum absolute atomic E-state index is 0.129. The third kappa shape index (κ3) is 4.80. The highest BCUT2D eigenvalue weighted by atomic mass is 35.5. The molecule has 0 atom stereocenters. The fourth-order valence-electron chi connectivity index (χ4n) is 2.56. The van der Waals surface area contributed by atoms with E-state index in [4.69, 9.17) is 25.6 Å². The lowest BCUT2D eigenvalue weighted by atomic mass is 10.1. The topological polar surface area (TPSA) is 73.6 Å². The van der Waals surface area contributed by atoms with Gasteiger partial charge in [0.1, 0.15) is 0 Å². The largest absolute Gasteiger partial charge is 0.493 e. The van der Waals surface area contributed by atoms with Gasteiger partial charge in [0, 0.05) is 23.2 Å². The van der Waals surface area contributed by atoms with Crippen LogP contribution in [0.5, 0.6) is 11.5 Å². The molecule has 0 aliphatic carbocycles. The third-order valence-electron chi connectivity index (χ3n) is 3.97. The first-order chi connectivity index (χ1) is 13.1. The van der Waals surface area contributed by atoms with E-state index in [0.29, 0.717) is 34.5 Å². The summed E-state index contributed by atoms with van der Waals surface area (Å²) in [5, 5.41) is 7.46. The first-order valence-corrected chi connectivity index (χ1v) is 8.66. The van der Waals surface area contributed by atoms with E-state index < -0.39 is 0 Å². The van der Waals surface area contributed by atoms with Gasteiger partial charge in [0.05, 0.1) is 26.3 Å². The van der Waals surface area contributed by atoms with E-state index in [1.54, 1.807) is 38.5 Å². The van der Waals surface area contributed by atoms with Crippen LogP contribution >= 0.6 is 11.6 Å². The molecule has 140 valence electrons. The van der Waals surface area contributed by atoms with Gasteiger partial charge < -0.3 is 19.3 Å².